The maximum atomic E-state index is 12.7. The fourth-order valence-electron chi connectivity index (χ4n) is 18.1. The van der Waals surface area contributed by atoms with Crippen LogP contribution in [0.25, 0.3) is 156 Å². The number of aromatic nitrogens is 22. The number of benzene rings is 6. The topological polar surface area (TPSA) is 541 Å². The highest BCUT2D eigenvalue weighted by Crippen LogP contribution is 2.44. The largest absolute Gasteiger partial charge is 0.381 e. The van der Waals surface area contributed by atoms with Crippen molar-refractivity contribution in [2.45, 2.75) is 91.5 Å². The number of rotatable bonds is 16. The minimum Gasteiger partial charge on any atom is -0.381 e. The van der Waals surface area contributed by atoms with Crippen molar-refractivity contribution in [3.63, 3.8) is 0 Å². The number of hydrogen-bond donors (Lipinski definition) is 9. The van der Waals surface area contributed by atoms with E-state index in [1.807, 2.05) is 181 Å². The molecule has 14 aromatic heterocycles. The Hall–Kier alpha value is -18.8. The van der Waals surface area contributed by atoms with Crippen LogP contribution < -0.4 is 70.7 Å². The Morgan fingerprint density at radius 2 is 0.947 bits per heavy atom. The van der Waals surface area contributed by atoms with Gasteiger partial charge in [0.15, 0.2) is 69.8 Å². The number of carbonyl (C=O) groups is 4. The summed E-state index contributed by atoms with van der Waals surface area (Å²) in [6.45, 7) is 8.88. The van der Waals surface area contributed by atoms with Crippen LogP contribution in [0.15, 0.2) is 264 Å². The fraction of sp³-hybridized carbons (Fsp3) is 0.183. The van der Waals surface area contributed by atoms with E-state index in [0.29, 0.717) is 157 Å². The van der Waals surface area contributed by atoms with Crippen LogP contribution in [0.1, 0.15) is 84.3 Å². The molecule has 150 heavy (non-hydrogen) atoms. The van der Waals surface area contributed by atoms with Crippen molar-refractivity contribution in [2.75, 3.05) is 73.6 Å². The van der Waals surface area contributed by atoms with Crippen molar-refractivity contribution >= 4 is 159 Å². The number of aromatic amines is 2. The molecule has 1 saturated carbocycles. The number of aryl methyl sites for hydroxylation is 3. The Bertz CT molecular complexity index is 8720. The zero-order chi connectivity index (χ0) is 104. The second kappa shape index (κ2) is 41.7. The van der Waals surface area contributed by atoms with Crippen molar-refractivity contribution in [3.8, 4) is 102 Å². The van der Waals surface area contributed by atoms with Crippen molar-refractivity contribution in [2.24, 2.45) is 19.5 Å². The molecule has 0 radical (unpaired) electrons. The third kappa shape index (κ3) is 21.0. The van der Waals surface area contributed by atoms with Crippen LogP contribution in [0.3, 0.4) is 0 Å². The highest BCUT2D eigenvalue weighted by atomic mass is 35.5. The van der Waals surface area contributed by atoms with Crippen molar-refractivity contribution < 1.29 is 19.2 Å². The van der Waals surface area contributed by atoms with Crippen LogP contribution >= 0.6 is 23.2 Å². The summed E-state index contributed by atoms with van der Waals surface area (Å²) in [5.74, 6) is 3.17. The number of hydrogen-bond acceptors (Lipinski definition) is 29. The Labute approximate surface area is 865 Å². The number of nitrogens with one attached hydrogen (secondary N) is 4. The quantitative estimate of drug-likeness (QED) is 0.0434. The normalized spacial score (nSPS) is 13.8. The number of fused-ring (bicyclic) bond motifs is 5. The molecule has 0 unspecified atom stereocenters. The van der Waals surface area contributed by atoms with Gasteiger partial charge in [-0.3, -0.25) is 77.1 Å². The summed E-state index contributed by atoms with van der Waals surface area (Å²) in [7, 11) is 3.64. The number of carbonyl (C=O) groups excluding carboxylic acids is 4. The first kappa shape index (κ1) is 98.6. The Balaban J connectivity index is 0.000000114. The number of pyridine rings is 6. The first-order valence-electron chi connectivity index (χ1n) is 48.2. The van der Waals surface area contributed by atoms with Gasteiger partial charge in [0.25, 0.3) is 16.7 Å². The zero-order valence-electron chi connectivity index (χ0n) is 82.0. The van der Waals surface area contributed by atoms with E-state index in [2.05, 4.69) is 87.9 Å². The molecule has 1 aliphatic carbocycles. The van der Waals surface area contributed by atoms with Gasteiger partial charge in [-0.15, -0.1) is 0 Å². The highest BCUT2D eigenvalue weighted by Gasteiger charge is 2.40. The first-order chi connectivity index (χ1) is 72.4. The second-order valence-corrected chi connectivity index (χ2v) is 38.0. The summed E-state index contributed by atoms with van der Waals surface area (Å²) in [5, 5.41) is 25.5. The number of piperidine rings is 2. The van der Waals surface area contributed by atoms with Crippen LogP contribution in [0, 0.1) is 12.3 Å². The van der Waals surface area contributed by atoms with Gasteiger partial charge in [0.1, 0.15) is 34.2 Å². The van der Waals surface area contributed by atoms with E-state index < -0.39 is 0 Å². The molecule has 0 atom stereocenters. The summed E-state index contributed by atoms with van der Waals surface area (Å²) in [4.78, 5) is 156. The van der Waals surface area contributed by atoms with Gasteiger partial charge in [-0.2, -0.15) is 15.3 Å². The standard InChI is InChI=1S/C24H21ClN6O2.2C22H21N7O2.C22H19N5.C19H16ClN7O/c1-24(2)12-18(33)31(13-24)23-21(26)29-22(30-9-4-3-7-17(30)32)20(28-23)15-10-14-6-5-8-27-19(14)16(25)11-15;1-28-11-8-16(27-28)19-18(14-5-6-15-13(12-14)7-9-24-22(15)31)26-21(20(23)25-19)29-10-3-2-4-17(29)30;1-28-12-15(11-25-28)19-18(14-5-6-16-13(10-14)7-8-24-22(16)31)27-21(20(23)26-19)29-9-3-2-4-17(29)30;23-21-22(25-17-9-10-17)27-20(19(26-21)14-5-2-1-3-6-14)16-8-11-18-15(13-16)7-4-12-24-18;1-10-5-7-27(26-10)19-16(24-18(17(21)25-19)23-11(2)28)13-8-12-4-3-6-22-15(12)14(20)9-13/h3-11H,12-13H2,1-2H3,(H2,26,29);5-9,11-12H,2-4,10H2,1H3,(H2,23,25)(H,24,31);5-8,10-12H,2-4,9H2,1H3,(H2,23,26)(H,24,31);1-8,11-13,17H,9-10H2,(H2,23,26)(H,25,27);3-9H,1-2H3,(H2,21,25)(H,23,24,28). The number of H-pyrrole nitrogens is 2. The van der Waals surface area contributed by atoms with Crippen LogP contribution in [0.5, 0.6) is 0 Å². The SMILES string of the molecule is CC(=O)Nc1nc(-c2cc(Cl)c3ncccc3c2)c(-n2ccc(C)n2)nc1N.CC1(C)CC(=O)N(c2nc(-c3cc(Cl)c4ncccc4c3)c(-n3ccccc3=O)nc2N)C1.Cn1cc(-c2nc(N)c(N3CCCCC3=O)nc2-c2ccc3c(=O)[nH]ccc3c2)cn1.Cn1ccc(-c2nc(N)c(N3CCCCC3=O)nc2-c2ccc3c(=O)[nH]ccc3c2)n1.Nc1nc(-c2ccccc2)c(-c2ccc3ncccc3c2)nc1NC1CC1. The smallest absolute Gasteiger partial charge is 0.256 e. The van der Waals surface area contributed by atoms with E-state index in [9.17, 15) is 33.6 Å². The van der Waals surface area contributed by atoms with E-state index in [1.54, 1.807) is 115 Å². The van der Waals surface area contributed by atoms with Crippen molar-refractivity contribution in [3.05, 3.63) is 297 Å². The number of halogens is 2. The fourth-order valence-corrected chi connectivity index (χ4v) is 18.6. The molecule has 24 rings (SSSR count). The van der Waals surface area contributed by atoms with E-state index >= 15 is 0 Å². The lowest BCUT2D eigenvalue weighted by Gasteiger charge is -2.27. The van der Waals surface area contributed by atoms with E-state index in [4.69, 9.17) is 76.8 Å². The Kier molecular flexibility index (Phi) is 27.4. The lowest BCUT2D eigenvalue weighted by molar-refractivity contribution is -0.120. The van der Waals surface area contributed by atoms with Crippen LogP contribution in [0.4, 0.5) is 58.2 Å². The minimum absolute atomic E-state index is 0.00243. The van der Waals surface area contributed by atoms with Crippen molar-refractivity contribution in [1.29, 1.82) is 0 Å². The van der Waals surface area contributed by atoms with E-state index in [-0.39, 0.29) is 86.4 Å². The molecule has 0 spiro atoms. The highest BCUT2D eigenvalue weighted by molar-refractivity contribution is 6.36. The van der Waals surface area contributed by atoms with Gasteiger partial charge in [0.05, 0.1) is 55.6 Å². The molecule has 17 heterocycles. The number of amides is 4. The summed E-state index contributed by atoms with van der Waals surface area (Å²) < 4.78 is 6.32. The first-order valence-corrected chi connectivity index (χ1v) is 49.0. The lowest BCUT2D eigenvalue weighted by Crippen LogP contribution is -2.36. The van der Waals surface area contributed by atoms with Gasteiger partial charge in [0.2, 0.25) is 23.6 Å². The molecule has 4 fully saturated rings. The predicted octanol–water partition coefficient (Wildman–Crippen LogP) is 16.7. The minimum atomic E-state index is -0.296. The maximum absolute atomic E-state index is 12.7. The van der Waals surface area contributed by atoms with Gasteiger partial charge in [-0.1, -0.05) is 110 Å². The molecule has 39 nitrogen and oxygen atoms in total. The monoisotopic (exact) mass is 2040 g/mol. The molecule has 4 amide bonds. The predicted molar refractivity (Wildman–Crippen MR) is 583 cm³/mol. The molecule has 4 aliphatic rings. The number of anilines is 10. The molecular weight excluding hydrogens is 1940 g/mol. The maximum Gasteiger partial charge on any atom is 0.256 e. The molecular formula is C109H98Cl2N32O7. The van der Waals surface area contributed by atoms with Gasteiger partial charge in [-0.05, 0) is 171 Å². The van der Waals surface area contributed by atoms with Gasteiger partial charge < -0.3 is 49.3 Å². The average Bonchev–Trinajstić information content (AvgIpc) is 1.36. The van der Waals surface area contributed by atoms with Gasteiger partial charge in [-0.25, -0.2) is 54.5 Å². The summed E-state index contributed by atoms with van der Waals surface area (Å²) in [5.41, 5.74) is 44.4. The number of nitrogens with zero attached hydrogens (tertiary/aromatic N) is 23. The second-order valence-electron chi connectivity index (χ2n) is 37.2. The third-order valence-electron chi connectivity index (χ3n) is 25.5. The molecule has 0 bridgehead atoms. The molecule has 750 valence electrons. The zero-order valence-corrected chi connectivity index (χ0v) is 83.5. The van der Waals surface area contributed by atoms with Crippen LogP contribution in [-0.2, 0) is 33.3 Å². The summed E-state index contributed by atoms with van der Waals surface area (Å²) >= 11 is 13.0. The lowest BCUT2D eigenvalue weighted by atomic mass is 9.93. The van der Waals surface area contributed by atoms with E-state index in [0.717, 1.165) is 116 Å². The summed E-state index contributed by atoms with van der Waals surface area (Å²) in [6, 6.07) is 58.5. The number of nitrogen functional groups attached to an aromatic ring is 5. The molecule has 3 aliphatic heterocycles. The van der Waals surface area contributed by atoms with Gasteiger partial charge in [0, 0.05) is 194 Å². The van der Waals surface area contributed by atoms with Gasteiger partial charge >= 0.3 is 0 Å². The molecule has 14 N–H and O–H groups in total. The number of nitrogens with two attached hydrogens (primary N) is 5. The van der Waals surface area contributed by atoms with E-state index in [1.165, 1.54) is 17.6 Å². The molecule has 6 aromatic carbocycles. The van der Waals surface area contributed by atoms with Crippen LogP contribution in [0.2, 0.25) is 10.0 Å². The Morgan fingerprint density at radius 1 is 0.433 bits per heavy atom. The molecule has 20 aromatic rings. The summed E-state index contributed by atoms with van der Waals surface area (Å²) in [6.07, 6.45) is 24.2. The average molecular weight is 2040 g/mol. The van der Waals surface area contributed by atoms with Crippen LogP contribution in [-0.4, -0.2) is 158 Å². The third-order valence-corrected chi connectivity index (χ3v) is 26.0. The van der Waals surface area contributed by atoms with Crippen molar-refractivity contribution in [1.82, 2.24) is 109 Å². The Morgan fingerprint density at radius 3 is 1.51 bits per heavy atom. The molecule has 41 heteroatoms. The molecule has 3 saturated heterocycles.